The van der Waals surface area contributed by atoms with Gasteiger partial charge in [0, 0.05) is 37.3 Å². The predicted molar refractivity (Wildman–Crippen MR) is 111 cm³/mol. The lowest BCUT2D eigenvalue weighted by molar-refractivity contribution is 0.0748. The summed E-state index contributed by atoms with van der Waals surface area (Å²) in [4.78, 5) is 14.1. The lowest BCUT2D eigenvalue weighted by Crippen LogP contribution is -2.39. The summed E-state index contributed by atoms with van der Waals surface area (Å²) in [5.41, 5.74) is 6.32. The van der Waals surface area contributed by atoms with Crippen molar-refractivity contribution in [2.24, 2.45) is 5.73 Å². The molecule has 27 heavy (non-hydrogen) atoms. The molecule has 0 aliphatic rings. The first-order valence-electron chi connectivity index (χ1n) is 8.00. The highest BCUT2D eigenvalue weighted by atomic mass is 35.5. The van der Waals surface area contributed by atoms with Crippen molar-refractivity contribution in [2.75, 3.05) is 24.9 Å². The topological polar surface area (TPSA) is 83.7 Å². The van der Waals surface area contributed by atoms with E-state index in [9.17, 15) is 13.2 Å². The summed E-state index contributed by atoms with van der Waals surface area (Å²) in [6.07, 6.45) is 0. The second-order valence-corrected chi connectivity index (χ2v) is 8.39. The van der Waals surface area contributed by atoms with E-state index in [0.29, 0.717) is 17.3 Å². The average Bonchev–Trinajstić information content (AvgIpc) is 2.65. The quantitative estimate of drug-likeness (QED) is 0.761. The number of nitrogens with two attached hydrogens (primary N) is 1. The molecule has 1 atom stereocenters. The highest BCUT2D eigenvalue weighted by molar-refractivity contribution is 7.92. The Kier molecular flexibility index (Phi) is 8.10. The number of amides is 1. The fraction of sp³-hybridized carbons (Fsp3) is 0.278. The Balaban J connectivity index is 0.00000364. The van der Waals surface area contributed by atoms with Gasteiger partial charge in [-0.25, -0.2) is 8.42 Å². The summed E-state index contributed by atoms with van der Waals surface area (Å²) in [6.45, 7) is 2.14. The molecule has 1 unspecified atom stereocenters. The number of hydrogen-bond donors (Lipinski definition) is 1. The Hall–Kier alpha value is -1.80. The van der Waals surface area contributed by atoms with E-state index in [2.05, 4.69) is 0 Å². The molecule has 0 spiro atoms. The Morgan fingerprint density at radius 2 is 1.78 bits per heavy atom. The number of hydrogen-bond acceptors (Lipinski definition) is 4. The van der Waals surface area contributed by atoms with Crippen molar-refractivity contribution in [3.05, 3.63) is 59.1 Å². The molecule has 0 fully saturated rings. The molecule has 0 aliphatic carbocycles. The minimum absolute atomic E-state index is 0. The Morgan fingerprint density at radius 3 is 2.37 bits per heavy atom. The van der Waals surface area contributed by atoms with Crippen molar-refractivity contribution < 1.29 is 13.2 Å². The van der Waals surface area contributed by atoms with Crippen LogP contribution < -0.4 is 10.0 Å². The first kappa shape index (κ1) is 23.2. The van der Waals surface area contributed by atoms with Gasteiger partial charge in [0.05, 0.1) is 10.6 Å². The molecule has 2 aromatic carbocycles. The SMILES string of the molecule is CC(CN)N(C)C(=O)c1cccc(S(=O)(=O)N(C)c2cccc(Cl)c2)c1.Cl. The number of carbonyl (C=O) groups is 1. The average molecular weight is 432 g/mol. The third-order valence-electron chi connectivity index (χ3n) is 4.23. The molecule has 1 amide bonds. The van der Waals surface area contributed by atoms with E-state index < -0.39 is 10.0 Å². The summed E-state index contributed by atoms with van der Waals surface area (Å²) in [5, 5.41) is 0.436. The lowest BCUT2D eigenvalue weighted by Gasteiger charge is -2.24. The van der Waals surface area contributed by atoms with Crippen LogP contribution in [0, 0.1) is 0 Å². The smallest absolute Gasteiger partial charge is 0.264 e. The van der Waals surface area contributed by atoms with Crippen LogP contribution in [0.1, 0.15) is 17.3 Å². The molecule has 2 aromatic rings. The van der Waals surface area contributed by atoms with Gasteiger partial charge in [-0.2, -0.15) is 0 Å². The number of halogens is 2. The van der Waals surface area contributed by atoms with Crippen molar-refractivity contribution in [3.8, 4) is 0 Å². The Bertz CT molecular complexity index is 906. The second-order valence-electron chi connectivity index (χ2n) is 5.98. The van der Waals surface area contributed by atoms with Crippen LogP contribution >= 0.6 is 24.0 Å². The maximum absolute atomic E-state index is 12.9. The van der Waals surface area contributed by atoms with Crippen LogP contribution in [0.2, 0.25) is 5.02 Å². The van der Waals surface area contributed by atoms with E-state index in [1.165, 1.54) is 24.1 Å². The van der Waals surface area contributed by atoms with Crippen LogP contribution in [-0.4, -0.2) is 45.9 Å². The zero-order chi connectivity index (χ0) is 19.5. The van der Waals surface area contributed by atoms with Gasteiger partial charge >= 0.3 is 0 Å². The van der Waals surface area contributed by atoms with E-state index >= 15 is 0 Å². The molecule has 9 heteroatoms. The number of rotatable bonds is 6. The van der Waals surface area contributed by atoms with Crippen LogP contribution in [0.5, 0.6) is 0 Å². The van der Waals surface area contributed by atoms with Gasteiger partial charge in [-0.15, -0.1) is 12.4 Å². The Morgan fingerprint density at radius 1 is 1.15 bits per heavy atom. The van der Waals surface area contributed by atoms with Gasteiger partial charge < -0.3 is 10.6 Å². The van der Waals surface area contributed by atoms with E-state index in [-0.39, 0.29) is 34.8 Å². The van der Waals surface area contributed by atoms with Gasteiger partial charge in [-0.1, -0.05) is 23.7 Å². The maximum Gasteiger partial charge on any atom is 0.264 e. The van der Waals surface area contributed by atoms with Gasteiger partial charge in [-0.05, 0) is 43.3 Å². The molecule has 0 bridgehead atoms. The number of likely N-dealkylation sites (N-methyl/N-ethyl adjacent to an activating group) is 1. The van der Waals surface area contributed by atoms with Crippen molar-refractivity contribution in [1.82, 2.24) is 4.90 Å². The van der Waals surface area contributed by atoms with Gasteiger partial charge in [0.1, 0.15) is 0 Å². The zero-order valence-corrected chi connectivity index (χ0v) is 17.7. The van der Waals surface area contributed by atoms with Crippen molar-refractivity contribution in [1.29, 1.82) is 0 Å². The predicted octanol–water partition coefficient (Wildman–Crippen LogP) is 3.01. The molecule has 0 saturated heterocycles. The second kappa shape index (κ2) is 9.41. The van der Waals surface area contributed by atoms with Crippen molar-refractivity contribution in [3.63, 3.8) is 0 Å². The molecule has 2 N–H and O–H groups in total. The minimum atomic E-state index is -3.84. The van der Waals surface area contributed by atoms with E-state index in [1.807, 2.05) is 6.92 Å². The zero-order valence-electron chi connectivity index (χ0n) is 15.3. The van der Waals surface area contributed by atoms with Crippen LogP contribution in [-0.2, 0) is 10.0 Å². The molecular formula is C18H23Cl2N3O3S. The highest BCUT2D eigenvalue weighted by Crippen LogP contribution is 2.25. The normalized spacial score (nSPS) is 12.0. The monoisotopic (exact) mass is 431 g/mol. The summed E-state index contributed by atoms with van der Waals surface area (Å²) in [7, 11) is -0.756. The number of anilines is 1. The third kappa shape index (κ3) is 5.13. The lowest BCUT2D eigenvalue weighted by atomic mass is 10.2. The summed E-state index contributed by atoms with van der Waals surface area (Å²) >= 11 is 5.95. The van der Waals surface area contributed by atoms with Crippen molar-refractivity contribution in [2.45, 2.75) is 17.9 Å². The molecule has 0 saturated carbocycles. The molecule has 0 heterocycles. The molecule has 0 radical (unpaired) electrons. The van der Waals surface area contributed by atoms with E-state index in [4.69, 9.17) is 17.3 Å². The molecule has 0 aliphatic heterocycles. The fourth-order valence-electron chi connectivity index (χ4n) is 2.32. The summed E-state index contributed by atoms with van der Waals surface area (Å²) < 4.78 is 27.0. The molecule has 6 nitrogen and oxygen atoms in total. The van der Waals surface area contributed by atoms with E-state index in [1.54, 1.807) is 43.4 Å². The van der Waals surface area contributed by atoms with Crippen LogP contribution in [0.25, 0.3) is 0 Å². The molecular weight excluding hydrogens is 409 g/mol. The van der Waals surface area contributed by atoms with Crippen molar-refractivity contribution >= 4 is 45.6 Å². The summed E-state index contributed by atoms with van der Waals surface area (Å²) in [5.74, 6) is -0.287. The maximum atomic E-state index is 12.9. The minimum Gasteiger partial charge on any atom is -0.338 e. The first-order valence-corrected chi connectivity index (χ1v) is 9.82. The Labute approximate surface area is 171 Å². The van der Waals surface area contributed by atoms with Gasteiger partial charge in [0.25, 0.3) is 15.9 Å². The largest absolute Gasteiger partial charge is 0.338 e. The van der Waals surface area contributed by atoms with Crippen LogP contribution in [0.3, 0.4) is 0 Å². The van der Waals surface area contributed by atoms with Crippen LogP contribution in [0.4, 0.5) is 5.69 Å². The highest BCUT2D eigenvalue weighted by Gasteiger charge is 2.24. The van der Waals surface area contributed by atoms with Gasteiger partial charge in [0.15, 0.2) is 0 Å². The first-order chi connectivity index (χ1) is 12.2. The number of benzene rings is 2. The molecule has 2 rings (SSSR count). The van der Waals surface area contributed by atoms with Crippen LogP contribution in [0.15, 0.2) is 53.4 Å². The number of carbonyl (C=O) groups excluding carboxylic acids is 1. The number of nitrogens with zero attached hydrogens (tertiary/aromatic N) is 2. The summed E-state index contributed by atoms with van der Waals surface area (Å²) in [6, 6.07) is 12.4. The number of sulfonamides is 1. The van der Waals surface area contributed by atoms with Gasteiger partial charge in [0.2, 0.25) is 0 Å². The molecule has 148 valence electrons. The third-order valence-corrected chi connectivity index (χ3v) is 6.25. The van der Waals surface area contributed by atoms with Gasteiger partial charge in [-0.3, -0.25) is 9.10 Å². The molecule has 0 aromatic heterocycles. The standard InChI is InChI=1S/C18H22ClN3O3S.ClH/c1-13(12-20)21(2)18(23)14-6-4-9-17(10-14)26(24,25)22(3)16-8-5-7-15(19)11-16;/h4-11,13H,12,20H2,1-3H3;1H. The van der Waals surface area contributed by atoms with E-state index in [0.717, 1.165) is 4.31 Å². The fourth-order valence-corrected chi connectivity index (χ4v) is 3.74.